The van der Waals surface area contributed by atoms with Crippen LogP contribution in [0.1, 0.15) is 20.3 Å². The first-order chi connectivity index (χ1) is 7.67. The minimum atomic E-state index is -0.253. The summed E-state index contributed by atoms with van der Waals surface area (Å²) in [6.07, 6.45) is 1.04. The number of esters is 1. The fourth-order valence-electron chi connectivity index (χ4n) is 0.926. The molecule has 5 nitrogen and oxygen atoms in total. The van der Waals surface area contributed by atoms with E-state index in [-0.39, 0.29) is 11.2 Å². The van der Waals surface area contributed by atoms with Gasteiger partial charge in [-0.2, -0.15) is 0 Å². The van der Waals surface area contributed by atoms with Crippen molar-refractivity contribution in [2.45, 2.75) is 29.9 Å². The molecule has 0 aliphatic carbocycles. The van der Waals surface area contributed by atoms with Crippen LogP contribution in [-0.4, -0.2) is 35.1 Å². The van der Waals surface area contributed by atoms with Gasteiger partial charge >= 0.3 is 5.97 Å². The highest BCUT2D eigenvalue weighted by molar-refractivity contribution is 8.02. The number of carbonyl (C=O) groups excluding carboxylic acids is 1. The Labute approximate surface area is 103 Å². The maximum absolute atomic E-state index is 11.2. The number of anilines is 1. The molecule has 1 N–H and O–H groups in total. The van der Waals surface area contributed by atoms with Gasteiger partial charge in [-0.25, -0.2) is 0 Å². The third-order valence-corrected chi connectivity index (χ3v) is 3.79. The Morgan fingerprint density at radius 3 is 3.00 bits per heavy atom. The average Bonchev–Trinajstić information content (AvgIpc) is 2.72. The number of ether oxygens (including phenoxy) is 1. The van der Waals surface area contributed by atoms with Gasteiger partial charge in [-0.15, -0.1) is 10.2 Å². The molecule has 0 saturated carbocycles. The van der Waals surface area contributed by atoms with E-state index in [1.54, 1.807) is 6.92 Å². The third-order valence-electron chi connectivity index (χ3n) is 1.74. The number of carbonyl (C=O) groups is 1. The Balaban J connectivity index is 2.48. The second kappa shape index (κ2) is 6.70. The number of thioether (sulfide) groups is 1. The van der Waals surface area contributed by atoms with E-state index in [9.17, 15) is 4.79 Å². The maximum atomic E-state index is 11.2. The molecule has 1 heterocycles. The van der Waals surface area contributed by atoms with Crippen LogP contribution in [-0.2, 0) is 9.53 Å². The molecule has 0 aliphatic heterocycles. The normalized spacial score (nSPS) is 12.2. The van der Waals surface area contributed by atoms with E-state index in [2.05, 4.69) is 27.2 Å². The summed E-state index contributed by atoms with van der Waals surface area (Å²) < 4.78 is 5.41. The minimum absolute atomic E-state index is 0.247. The number of hydrogen-bond donors (Lipinski definition) is 1. The van der Waals surface area contributed by atoms with E-state index >= 15 is 0 Å². The van der Waals surface area contributed by atoms with Gasteiger partial charge in [-0.3, -0.25) is 4.79 Å². The Morgan fingerprint density at radius 1 is 1.62 bits per heavy atom. The summed E-state index contributed by atoms with van der Waals surface area (Å²) >= 11 is 2.81. The van der Waals surface area contributed by atoms with Crippen molar-refractivity contribution in [2.75, 3.05) is 19.0 Å². The van der Waals surface area contributed by atoms with Gasteiger partial charge in [-0.05, 0) is 13.3 Å². The summed E-state index contributed by atoms with van der Waals surface area (Å²) in [6.45, 7) is 4.76. The summed E-state index contributed by atoms with van der Waals surface area (Å²) in [4.78, 5) is 11.2. The highest BCUT2D eigenvalue weighted by atomic mass is 32.2. The van der Waals surface area contributed by atoms with Gasteiger partial charge < -0.3 is 10.1 Å². The molecule has 1 unspecified atom stereocenters. The van der Waals surface area contributed by atoms with E-state index in [0.717, 1.165) is 22.4 Å². The molecule has 0 aromatic carbocycles. The van der Waals surface area contributed by atoms with Crippen LogP contribution >= 0.6 is 23.1 Å². The number of hydrogen-bond acceptors (Lipinski definition) is 7. The molecule has 0 saturated heterocycles. The number of nitrogens with zero attached hydrogens (tertiary/aromatic N) is 2. The highest BCUT2D eigenvalue weighted by Gasteiger charge is 2.17. The third kappa shape index (κ3) is 3.97. The smallest absolute Gasteiger partial charge is 0.318 e. The second-order valence-corrected chi connectivity index (χ2v) is 5.65. The van der Waals surface area contributed by atoms with Crippen molar-refractivity contribution in [3.05, 3.63) is 0 Å². The fourth-order valence-corrected chi connectivity index (χ4v) is 2.87. The molecule has 1 rings (SSSR count). The number of rotatable bonds is 6. The van der Waals surface area contributed by atoms with E-state index in [4.69, 9.17) is 0 Å². The van der Waals surface area contributed by atoms with Crippen LogP contribution < -0.4 is 5.32 Å². The topological polar surface area (TPSA) is 64.1 Å². The van der Waals surface area contributed by atoms with E-state index in [0.29, 0.717) is 0 Å². The standard InChI is InChI=1S/C9H15N3O2S2/c1-4-5-10-8-11-12-9(16-8)15-6(2)7(13)14-3/h6H,4-5H2,1-3H3,(H,10,11). The molecule has 90 valence electrons. The zero-order valence-electron chi connectivity index (χ0n) is 9.52. The van der Waals surface area contributed by atoms with Crippen LogP contribution in [0.25, 0.3) is 0 Å². The molecule has 1 aromatic heterocycles. The highest BCUT2D eigenvalue weighted by Crippen LogP contribution is 2.29. The summed E-state index contributed by atoms with van der Waals surface area (Å²) in [5.74, 6) is -0.247. The lowest BCUT2D eigenvalue weighted by Gasteiger charge is -2.04. The first-order valence-corrected chi connectivity index (χ1v) is 6.68. The van der Waals surface area contributed by atoms with Crippen molar-refractivity contribution in [1.29, 1.82) is 0 Å². The average molecular weight is 261 g/mol. The van der Waals surface area contributed by atoms with E-state index in [1.165, 1.54) is 30.2 Å². The van der Waals surface area contributed by atoms with Gasteiger partial charge in [-0.1, -0.05) is 30.0 Å². The molecular weight excluding hydrogens is 246 g/mol. The van der Waals surface area contributed by atoms with Crippen LogP contribution in [0.2, 0.25) is 0 Å². The second-order valence-electron chi connectivity index (χ2n) is 3.08. The van der Waals surface area contributed by atoms with Crippen LogP contribution in [0.3, 0.4) is 0 Å². The summed E-state index contributed by atoms with van der Waals surface area (Å²) in [6, 6.07) is 0. The Morgan fingerprint density at radius 2 is 2.38 bits per heavy atom. The van der Waals surface area contributed by atoms with Crippen molar-refractivity contribution in [3.63, 3.8) is 0 Å². The molecule has 1 aromatic rings. The van der Waals surface area contributed by atoms with Gasteiger partial charge in [0, 0.05) is 6.54 Å². The zero-order chi connectivity index (χ0) is 12.0. The lowest BCUT2D eigenvalue weighted by atomic mass is 10.5. The molecule has 7 heteroatoms. The number of nitrogens with one attached hydrogen (secondary N) is 1. The monoisotopic (exact) mass is 261 g/mol. The van der Waals surface area contributed by atoms with E-state index < -0.39 is 0 Å². The van der Waals surface area contributed by atoms with Crippen molar-refractivity contribution in [3.8, 4) is 0 Å². The van der Waals surface area contributed by atoms with Crippen LogP contribution in [0.15, 0.2) is 4.34 Å². The number of methoxy groups -OCH3 is 1. The molecule has 0 bridgehead atoms. The van der Waals surface area contributed by atoms with Gasteiger partial charge in [0.1, 0.15) is 5.25 Å². The lowest BCUT2D eigenvalue weighted by molar-refractivity contribution is -0.139. The molecule has 1 atom stereocenters. The van der Waals surface area contributed by atoms with Crippen molar-refractivity contribution < 1.29 is 9.53 Å². The Kier molecular flexibility index (Phi) is 5.54. The molecule has 0 spiro atoms. The molecule has 0 fully saturated rings. The van der Waals surface area contributed by atoms with Crippen LogP contribution in [0.5, 0.6) is 0 Å². The molecule has 0 aliphatic rings. The van der Waals surface area contributed by atoms with Gasteiger partial charge in [0.05, 0.1) is 7.11 Å². The van der Waals surface area contributed by atoms with Crippen LogP contribution in [0.4, 0.5) is 5.13 Å². The largest absolute Gasteiger partial charge is 0.468 e. The lowest BCUT2D eigenvalue weighted by Crippen LogP contribution is -2.14. The summed E-state index contributed by atoms with van der Waals surface area (Å²) in [7, 11) is 1.38. The van der Waals surface area contributed by atoms with Gasteiger partial charge in [0.2, 0.25) is 5.13 Å². The van der Waals surface area contributed by atoms with E-state index in [1.807, 2.05) is 0 Å². The molecular formula is C9H15N3O2S2. The first kappa shape index (κ1) is 13.2. The molecule has 0 radical (unpaired) electrons. The molecule has 16 heavy (non-hydrogen) atoms. The quantitative estimate of drug-likeness (QED) is 0.624. The fraction of sp³-hybridized carbons (Fsp3) is 0.667. The Hall–Kier alpha value is -0.820. The summed E-state index contributed by atoms with van der Waals surface area (Å²) in [5, 5.41) is 11.7. The zero-order valence-corrected chi connectivity index (χ0v) is 11.2. The van der Waals surface area contributed by atoms with Crippen molar-refractivity contribution >= 4 is 34.2 Å². The first-order valence-electron chi connectivity index (χ1n) is 4.99. The molecule has 0 amide bonds. The number of aromatic nitrogens is 2. The Bertz CT molecular complexity index is 343. The predicted molar refractivity (Wildman–Crippen MR) is 66.0 cm³/mol. The van der Waals surface area contributed by atoms with Gasteiger partial charge in [0.15, 0.2) is 4.34 Å². The van der Waals surface area contributed by atoms with Crippen LogP contribution in [0, 0.1) is 0 Å². The summed E-state index contributed by atoms with van der Waals surface area (Å²) in [5.41, 5.74) is 0. The van der Waals surface area contributed by atoms with Crippen molar-refractivity contribution in [2.24, 2.45) is 0 Å². The maximum Gasteiger partial charge on any atom is 0.318 e. The van der Waals surface area contributed by atoms with Gasteiger partial charge in [0.25, 0.3) is 0 Å². The predicted octanol–water partition coefficient (Wildman–Crippen LogP) is 2.01. The SMILES string of the molecule is CCCNc1nnc(SC(C)C(=O)OC)s1. The minimum Gasteiger partial charge on any atom is -0.468 e. The van der Waals surface area contributed by atoms with Crippen molar-refractivity contribution in [1.82, 2.24) is 10.2 Å².